The van der Waals surface area contributed by atoms with E-state index >= 15 is 0 Å². The minimum absolute atomic E-state index is 0.275. The third-order valence-electron chi connectivity index (χ3n) is 2.86. The molecule has 108 valence electrons. The number of sulfonamides is 1. The first kappa shape index (κ1) is 17.0. The summed E-state index contributed by atoms with van der Waals surface area (Å²) in [6.07, 6.45) is 0.836. The van der Waals surface area contributed by atoms with E-state index in [1.165, 1.54) is 4.31 Å². The van der Waals surface area contributed by atoms with Gasteiger partial charge in [-0.15, -0.1) is 11.6 Å². The fraction of sp³-hybridized carbons (Fsp3) is 0.538. The van der Waals surface area contributed by atoms with E-state index in [-0.39, 0.29) is 4.90 Å². The van der Waals surface area contributed by atoms with Crippen molar-refractivity contribution in [2.45, 2.75) is 31.0 Å². The number of rotatable bonds is 6. The summed E-state index contributed by atoms with van der Waals surface area (Å²) < 4.78 is 26.9. The third-order valence-corrected chi connectivity index (χ3v) is 6.02. The number of benzene rings is 1. The van der Waals surface area contributed by atoms with Gasteiger partial charge in [-0.2, -0.15) is 0 Å². The van der Waals surface area contributed by atoms with Gasteiger partial charge in [-0.05, 0) is 46.0 Å². The average Bonchev–Trinajstić information content (AvgIpc) is 2.36. The number of nitrogens with zero attached hydrogens (tertiary/aromatic N) is 1. The van der Waals surface area contributed by atoms with Crippen LogP contribution in [0, 0.1) is 5.92 Å². The maximum atomic E-state index is 12.5. The van der Waals surface area contributed by atoms with Gasteiger partial charge < -0.3 is 0 Å². The molecule has 0 amide bonds. The second kappa shape index (κ2) is 7.07. The van der Waals surface area contributed by atoms with Gasteiger partial charge in [0.05, 0.1) is 4.90 Å². The smallest absolute Gasteiger partial charge is 0.207 e. The molecule has 0 bridgehead atoms. The van der Waals surface area contributed by atoms with Gasteiger partial charge in [-0.1, -0.05) is 19.9 Å². The molecule has 0 aliphatic rings. The van der Waals surface area contributed by atoms with Gasteiger partial charge in [0.1, 0.15) is 0 Å². The van der Waals surface area contributed by atoms with E-state index in [2.05, 4.69) is 29.8 Å². The van der Waals surface area contributed by atoms with Crippen LogP contribution in [0.4, 0.5) is 0 Å². The Morgan fingerprint density at radius 2 is 2.00 bits per heavy atom. The van der Waals surface area contributed by atoms with Gasteiger partial charge in [-0.25, -0.2) is 12.7 Å². The van der Waals surface area contributed by atoms with Crippen molar-refractivity contribution in [2.75, 3.05) is 13.6 Å². The lowest BCUT2D eigenvalue weighted by atomic mass is 10.1. The van der Waals surface area contributed by atoms with Crippen LogP contribution in [0.2, 0.25) is 0 Å². The van der Waals surface area contributed by atoms with Crippen molar-refractivity contribution in [1.29, 1.82) is 0 Å². The van der Waals surface area contributed by atoms with Gasteiger partial charge in [0.25, 0.3) is 0 Å². The van der Waals surface area contributed by atoms with Crippen LogP contribution in [0.1, 0.15) is 25.8 Å². The van der Waals surface area contributed by atoms with E-state index in [4.69, 9.17) is 11.6 Å². The molecule has 0 atom stereocenters. The molecule has 0 fully saturated rings. The third kappa shape index (κ3) is 4.45. The first-order valence-electron chi connectivity index (χ1n) is 6.09. The molecule has 0 N–H and O–H groups in total. The van der Waals surface area contributed by atoms with Gasteiger partial charge in [-0.3, -0.25) is 0 Å². The first-order valence-corrected chi connectivity index (χ1v) is 8.86. The Balaban J connectivity index is 3.05. The molecule has 0 radical (unpaired) electrons. The minimum Gasteiger partial charge on any atom is -0.207 e. The lowest BCUT2D eigenvalue weighted by molar-refractivity contribution is 0.428. The van der Waals surface area contributed by atoms with Crippen molar-refractivity contribution in [2.24, 2.45) is 5.92 Å². The molecular weight excluding hydrogens is 350 g/mol. The van der Waals surface area contributed by atoms with Gasteiger partial charge >= 0.3 is 0 Å². The highest BCUT2D eigenvalue weighted by molar-refractivity contribution is 9.10. The molecule has 1 aromatic rings. The zero-order chi connectivity index (χ0) is 14.6. The SMILES string of the molecule is CC(C)CCN(C)S(=O)(=O)c1cc(CCl)ccc1Br. The standard InChI is InChI=1S/C13H19BrClNO2S/c1-10(2)6-7-16(3)19(17,18)13-8-11(9-15)4-5-12(13)14/h4-5,8,10H,6-7,9H2,1-3H3. The minimum atomic E-state index is -3.47. The average molecular weight is 369 g/mol. The van der Waals surface area contributed by atoms with E-state index in [0.717, 1.165) is 12.0 Å². The molecule has 0 aromatic heterocycles. The Morgan fingerprint density at radius 3 is 2.53 bits per heavy atom. The molecule has 0 spiro atoms. The molecule has 3 nitrogen and oxygen atoms in total. The zero-order valence-electron chi connectivity index (χ0n) is 11.4. The summed E-state index contributed by atoms with van der Waals surface area (Å²) in [4.78, 5) is 0.275. The Kier molecular flexibility index (Phi) is 6.30. The number of alkyl halides is 1. The maximum Gasteiger partial charge on any atom is 0.243 e. The van der Waals surface area contributed by atoms with Crippen molar-refractivity contribution in [3.63, 3.8) is 0 Å². The highest BCUT2D eigenvalue weighted by Crippen LogP contribution is 2.26. The van der Waals surface area contributed by atoms with E-state index in [1.54, 1.807) is 19.2 Å². The molecule has 0 saturated heterocycles. The summed E-state index contributed by atoms with van der Waals surface area (Å²) in [5, 5.41) is 0. The molecule has 1 rings (SSSR count). The lowest BCUT2D eigenvalue weighted by Gasteiger charge is -2.19. The number of hydrogen-bond acceptors (Lipinski definition) is 2. The van der Waals surface area contributed by atoms with Crippen LogP contribution in [0.3, 0.4) is 0 Å². The van der Waals surface area contributed by atoms with Crippen LogP contribution in [-0.4, -0.2) is 26.3 Å². The molecule has 0 aliphatic carbocycles. The molecule has 19 heavy (non-hydrogen) atoms. The van der Waals surface area contributed by atoms with Gasteiger partial charge in [0.2, 0.25) is 10.0 Å². The summed E-state index contributed by atoms with van der Waals surface area (Å²) in [6.45, 7) is 4.66. The van der Waals surface area contributed by atoms with Gasteiger partial charge in [0.15, 0.2) is 0 Å². The Bertz CT molecular complexity index is 531. The second-order valence-corrected chi connectivity index (χ2v) is 8.04. The summed E-state index contributed by atoms with van der Waals surface area (Å²) in [6, 6.07) is 5.16. The van der Waals surface area contributed by atoms with Crippen LogP contribution in [0.25, 0.3) is 0 Å². The quantitative estimate of drug-likeness (QED) is 0.715. The summed E-state index contributed by atoms with van der Waals surface area (Å²) in [7, 11) is -1.86. The van der Waals surface area contributed by atoms with E-state index in [0.29, 0.717) is 22.8 Å². The maximum absolute atomic E-state index is 12.5. The Labute approximate surface area is 129 Å². The van der Waals surface area contributed by atoms with Crippen LogP contribution in [-0.2, 0) is 15.9 Å². The largest absolute Gasteiger partial charge is 0.243 e. The Morgan fingerprint density at radius 1 is 1.37 bits per heavy atom. The summed E-state index contributed by atoms with van der Waals surface area (Å²) in [5.41, 5.74) is 0.792. The zero-order valence-corrected chi connectivity index (χ0v) is 14.5. The van der Waals surface area contributed by atoms with Gasteiger partial charge in [0, 0.05) is 23.9 Å². The fourth-order valence-corrected chi connectivity index (χ4v) is 3.88. The number of halogens is 2. The van der Waals surface area contributed by atoms with Crippen molar-refractivity contribution in [3.05, 3.63) is 28.2 Å². The highest BCUT2D eigenvalue weighted by atomic mass is 79.9. The van der Waals surface area contributed by atoms with E-state index in [1.807, 2.05) is 6.07 Å². The molecule has 1 aromatic carbocycles. The van der Waals surface area contributed by atoms with Crippen LogP contribution in [0.15, 0.2) is 27.6 Å². The normalized spacial score (nSPS) is 12.4. The summed E-state index contributed by atoms with van der Waals surface area (Å²) in [5.74, 6) is 0.765. The van der Waals surface area contributed by atoms with E-state index < -0.39 is 10.0 Å². The van der Waals surface area contributed by atoms with E-state index in [9.17, 15) is 8.42 Å². The van der Waals surface area contributed by atoms with Crippen LogP contribution in [0.5, 0.6) is 0 Å². The van der Waals surface area contributed by atoms with Crippen LogP contribution < -0.4 is 0 Å². The Hall–Kier alpha value is -0.100. The monoisotopic (exact) mass is 367 g/mol. The van der Waals surface area contributed by atoms with Crippen molar-refractivity contribution >= 4 is 37.6 Å². The topological polar surface area (TPSA) is 37.4 Å². The summed E-state index contributed by atoms with van der Waals surface area (Å²) >= 11 is 9.05. The molecule has 0 saturated carbocycles. The van der Waals surface area contributed by atoms with Crippen molar-refractivity contribution < 1.29 is 8.42 Å². The van der Waals surface area contributed by atoms with Crippen LogP contribution >= 0.6 is 27.5 Å². The molecule has 0 unspecified atom stereocenters. The number of hydrogen-bond donors (Lipinski definition) is 0. The molecule has 6 heteroatoms. The highest BCUT2D eigenvalue weighted by Gasteiger charge is 2.23. The molecule has 0 aliphatic heterocycles. The van der Waals surface area contributed by atoms with Crippen molar-refractivity contribution in [3.8, 4) is 0 Å². The predicted octanol–water partition coefficient (Wildman–Crippen LogP) is 3.85. The molecule has 0 heterocycles. The fourth-order valence-electron chi connectivity index (χ4n) is 1.56. The van der Waals surface area contributed by atoms with Crippen molar-refractivity contribution in [1.82, 2.24) is 4.31 Å². The first-order chi connectivity index (χ1) is 8.78. The second-order valence-electron chi connectivity index (χ2n) is 4.91. The predicted molar refractivity (Wildman–Crippen MR) is 83.0 cm³/mol. The molecular formula is C13H19BrClNO2S. The lowest BCUT2D eigenvalue weighted by Crippen LogP contribution is -2.29.